The molecule has 2 saturated carbocycles. The number of fused-ring (bicyclic) bond motifs is 2. The van der Waals surface area contributed by atoms with E-state index < -0.39 is 44.0 Å². The van der Waals surface area contributed by atoms with Crippen LogP contribution >= 0.6 is 11.6 Å². The lowest BCUT2D eigenvalue weighted by molar-refractivity contribution is -0.0935. The molecule has 3 fully saturated rings. The van der Waals surface area contributed by atoms with E-state index in [2.05, 4.69) is 10.2 Å². The van der Waals surface area contributed by atoms with Gasteiger partial charge in [-0.25, -0.2) is 21.6 Å². The maximum absolute atomic E-state index is 13.7. The molecule has 2 aromatic carbocycles. The summed E-state index contributed by atoms with van der Waals surface area (Å²) in [7, 11) is -3.98. The number of sulfone groups is 1. The minimum absolute atomic E-state index is 0.0538. The molecule has 206 valence electrons. The average molecular weight is 573 g/mol. The molecule has 38 heavy (non-hydrogen) atoms. The molecule has 3 unspecified atom stereocenters. The SMILES string of the molecule is O=C(Nc1cc(F)c(F)c(F)c1)c1ccc(Cl)c(S(=O)(=O)C2CC3CC[C@@H](C2)C3(O)CN2CCOCC2)c1. The van der Waals surface area contributed by atoms with Crippen molar-refractivity contribution < 1.29 is 36.2 Å². The molecule has 0 aromatic heterocycles. The van der Waals surface area contributed by atoms with Gasteiger partial charge in [0.1, 0.15) is 0 Å². The number of ether oxygens (including phenoxy) is 1. The number of carbonyl (C=O) groups excluding carboxylic acids is 1. The first-order valence-electron chi connectivity index (χ1n) is 12.5. The zero-order valence-corrected chi connectivity index (χ0v) is 22.0. The van der Waals surface area contributed by atoms with Gasteiger partial charge in [-0.05, 0) is 55.7 Å². The van der Waals surface area contributed by atoms with E-state index in [0.717, 1.165) is 32.0 Å². The van der Waals surface area contributed by atoms with Crippen LogP contribution in [0.15, 0.2) is 35.2 Å². The molecule has 12 heteroatoms. The van der Waals surface area contributed by atoms with E-state index in [1.807, 2.05) is 0 Å². The fraction of sp³-hybridized carbons (Fsp3) is 0.500. The number of β-amino-alcohol motifs (C(OH)–C–C–N with tert-alkyl or cyclic N) is 1. The molecule has 4 atom stereocenters. The van der Waals surface area contributed by atoms with Crippen LogP contribution in [0.1, 0.15) is 36.0 Å². The molecule has 1 amide bonds. The van der Waals surface area contributed by atoms with Crippen molar-refractivity contribution >= 4 is 33.0 Å². The summed E-state index contributed by atoms with van der Waals surface area (Å²) >= 11 is 6.28. The van der Waals surface area contributed by atoms with Gasteiger partial charge in [-0.15, -0.1) is 0 Å². The lowest BCUT2D eigenvalue weighted by Crippen LogP contribution is -2.56. The first-order valence-corrected chi connectivity index (χ1v) is 14.4. The van der Waals surface area contributed by atoms with Crippen LogP contribution in [0.2, 0.25) is 5.02 Å². The summed E-state index contributed by atoms with van der Waals surface area (Å²) in [6.07, 6.45) is 2.03. The third-order valence-electron chi connectivity index (χ3n) is 8.13. The van der Waals surface area contributed by atoms with Crippen LogP contribution < -0.4 is 5.32 Å². The highest BCUT2D eigenvalue weighted by atomic mass is 35.5. The Kier molecular flexibility index (Phi) is 7.51. The van der Waals surface area contributed by atoms with Crippen molar-refractivity contribution in [2.45, 2.75) is 41.4 Å². The number of benzene rings is 2. The normalized spacial score (nSPS) is 27.9. The number of carbonyl (C=O) groups is 1. The number of morpholine rings is 1. The van der Waals surface area contributed by atoms with Crippen LogP contribution in [0, 0.1) is 29.3 Å². The summed E-state index contributed by atoms with van der Waals surface area (Å²) in [4.78, 5) is 14.7. The summed E-state index contributed by atoms with van der Waals surface area (Å²) in [6, 6.07) is 4.96. The van der Waals surface area contributed by atoms with Crippen molar-refractivity contribution in [3.05, 3.63) is 58.4 Å². The number of anilines is 1. The van der Waals surface area contributed by atoms with Gasteiger partial charge in [0, 0.05) is 43.0 Å². The second-order valence-corrected chi connectivity index (χ2v) is 12.9. The standard InChI is InChI=1S/C26H28ClF3N2O5S/c27-20-4-1-15(25(33)31-18-12-21(28)24(30)22(29)13-18)9-23(20)38(35,36)19-10-16-2-3-17(11-19)26(16,34)14-32-5-7-37-8-6-32/h1,4,9,12-13,16-17,19,34H,2-3,5-8,10-11,14H2,(H,31,33)/t16-,17?,19?,26?/m0/s1. The van der Waals surface area contributed by atoms with Crippen LogP contribution in [0.25, 0.3) is 0 Å². The second kappa shape index (κ2) is 10.4. The predicted octanol–water partition coefficient (Wildman–Crippen LogP) is 4.04. The van der Waals surface area contributed by atoms with Gasteiger partial charge >= 0.3 is 0 Å². The summed E-state index contributed by atoms with van der Waals surface area (Å²) in [5.74, 6) is -5.82. The van der Waals surface area contributed by atoms with E-state index >= 15 is 0 Å². The molecular weight excluding hydrogens is 545 g/mol. The summed E-state index contributed by atoms with van der Waals surface area (Å²) in [5.41, 5.74) is -1.39. The van der Waals surface area contributed by atoms with Gasteiger partial charge in [-0.2, -0.15) is 0 Å². The van der Waals surface area contributed by atoms with Crippen LogP contribution in [0.5, 0.6) is 0 Å². The Bertz CT molecular complexity index is 1320. The highest BCUT2D eigenvalue weighted by Gasteiger charge is 2.56. The van der Waals surface area contributed by atoms with Gasteiger partial charge in [-0.3, -0.25) is 9.69 Å². The first kappa shape index (κ1) is 27.4. The molecule has 5 rings (SSSR count). The zero-order chi connectivity index (χ0) is 27.2. The van der Waals surface area contributed by atoms with Gasteiger partial charge in [-0.1, -0.05) is 11.6 Å². The number of amides is 1. The summed E-state index contributed by atoms with van der Waals surface area (Å²) in [6.45, 7) is 3.15. The Balaban J connectivity index is 1.35. The van der Waals surface area contributed by atoms with Gasteiger partial charge in [0.15, 0.2) is 27.3 Å². The van der Waals surface area contributed by atoms with Crippen LogP contribution in [0.3, 0.4) is 0 Å². The Morgan fingerprint density at radius 1 is 1.08 bits per heavy atom. The number of hydrogen-bond donors (Lipinski definition) is 2. The minimum atomic E-state index is -3.98. The first-order chi connectivity index (χ1) is 18.0. The Morgan fingerprint density at radius 2 is 1.68 bits per heavy atom. The molecule has 0 spiro atoms. The third-order valence-corrected chi connectivity index (χ3v) is 10.8. The zero-order valence-electron chi connectivity index (χ0n) is 20.4. The Hall–Kier alpha value is -2.18. The predicted molar refractivity (Wildman–Crippen MR) is 134 cm³/mol. The van der Waals surface area contributed by atoms with Crippen LogP contribution in [0.4, 0.5) is 18.9 Å². The highest BCUT2D eigenvalue weighted by molar-refractivity contribution is 7.92. The van der Waals surface area contributed by atoms with Gasteiger partial charge < -0.3 is 15.2 Å². The largest absolute Gasteiger partial charge is 0.388 e. The summed E-state index contributed by atoms with van der Waals surface area (Å²) < 4.78 is 73.1. The van der Waals surface area contributed by atoms with Gasteiger partial charge in [0.05, 0.1) is 34.0 Å². The molecule has 2 bridgehead atoms. The number of rotatable bonds is 6. The topological polar surface area (TPSA) is 95.9 Å². The van der Waals surface area contributed by atoms with E-state index in [4.69, 9.17) is 16.3 Å². The molecular formula is C26H28ClF3N2O5S. The monoisotopic (exact) mass is 572 g/mol. The quantitative estimate of drug-likeness (QED) is 0.508. The molecule has 2 aromatic rings. The number of hydrogen-bond acceptors (Lipinski definition) is 6. The second-order valence-electron chi connectivity index (χ2n) is 10.3. The van der Waals surface area contributed by atoms with Crippen molar-refractivity contribution in [3.63, 3.8) is 0 Å². The molecule has 7 nitrogen and oxygen atoms in total. The molecule has 3 aliphatic rings. The maximum atomic E-state index is 13.7. The average Bonchev–Trinajstić information content (AvgIpc) is 3.04. The fourth-order valence-electron chi connectivity index (χ4n) is 6.11. The Morgan fingerprint density at radius 3 is 2.29 bits per heavy atom. The van der Waals surface area contributed by atoms with Crippen molar-refractivity contribution in [1.29, 1.82) is 0 Å². The Labute approximate surface area is 223 Å². The molecule has 1 heterocycles. The van der Waals surface area contributed by atoms with E-state index in [1.54, 1.807) is 0 Å². The molecule has 2 aliphatic carbocycles. The van der Waals surface area contributed by atoms with Crippen molar-refractivity contribution in [3.8, 4) is 0 Å². The van der Waals surface area contributed by atoms with Gasteiger partial charge in [0.25, 0.3) is 5.91 Å². The fourth-order valence-corrected chi connectivity index (χ4v) is 8.51. The molecule has 2 N–H and O–H groups in total. The maximum Gasteiger partial charge on any atom is 0.255 e. The van der Waals surface area contributed by atoms with Crippen molar-refractivity contribution in [2.75, 3.05) is 38.2 Å². The summed E-state index contributed by atoms with van der Waals surface area (Å²) in [5, 5.41) is 13.0. The third kappa shape index (κ3) is 5.06. The lowest BCUT2D eigenvalue weighted by atomic mass is 9.74. The lowest BCUT2D eigenvalue weighted by Gasteiger charge is -2.45. The number of nitrogens with zero attached hydrogens (tertiary/aromatic N) is 1. The minimum Gasteiger partial charge on any atom is -0.388 e. The van der Waals surface area contributed by atoms with Crippen LogP contribution in [-0.2, 0) is 14.6 Å². The van der Waals surface area contributed by atoms with E-state index in [-0.39, 0.29) is 45.8 Å². The van der Waals surface area contributed by atoms with E-state index in [1.165, 1.54) is 12.1 Å². The number of nitrogens with one attached hydrogen (secondary N) is 1. The number of halogens is 4. The van der Waals surface area contributed by atoms with Crippen molar-refractivity contribution in [2.24, 2.45) is 11.8 Å². The highest BCUT2D eigenvalue weighted by Crippen LogP contribution is 2.52. The number of aliphatic hydroxyl groups is 1. The molecule has 1 saturated heterocycles. The smallest absolute Gasteiger partial charge is 0.255 e. The van der Waals surface area contributed by atoms with Crippen LogP contribution in [-0.4, -0.2) is 68.0 Å². The van der Waals surface area contributed by atoms with E-state index in [0.29, 0.717) is 31.9 Å². The molecule has 0 radical (unpaired) electrons. The van der Waals surface area contributed by atoms with Crippen molar-refractivity contribution in [1.82, 2.24) is 4.90 Å². The molecule has 1 aliphatic heterocycles. The van der Waals surface area contributed by atoms with Gasteiger partial charge in [0.2, 0.25) is 0 Å². The van der Waals surface area contributed by atoms with E-state index in [9.17, 15) is 31.5 Å².